The van der Waals surface area contributed by atoms with Gasteiger partial charge in [-0.3, -0.25) is 30.6 Å². The highest BCUT2D eigenvalue weighted by atomic mass is 79.9. The third kappa shape index (κ3) is 7.36. The van der Waals surface area contributed by atoms with E-state index in [1.807, 2.05) is 0 Å². The maximum atomic E-state index is 12.5. The van der Waals surface area contributed by atoms with Crippen LogP contribution in [-0.2, 0) is 4.79 Å². The molecular weight excluding hydrogens is 458 g/mol. The molecule has 2 aromatic carbocycles. The van der Waals surface area contributed by atoms with Crippen LogP contribution in [0.1, 0.15) is 30.6 Å². The van der Waals surface area contributed by atoms with Crippen molar-refractivity contribution in [3.8, 4) is 11.5 Å². The van der Waals surface area contributed by atoms with E-state index in [0.717, 1.165) is 6.42 Å². The summed E-state index contributed by atoms with van der Waals surface area (Å²) in [6.07, 6.45) is 0.841. The zero-order valence-electron chi connectivity index (χ0n) is 16.5. The predicted octanol–water partition coefficient (Wildman–Crippen LogP) is 3.62. The van der Waals surface area contributed by atoms with Gasteiger partial charge in [-0.15, -0.1) is 0 Å². The SMILES string of the molecule is CC(C)CCOc1ccc(Br)cc1C(=O)NNC(=O)COc1ccc([N+](=O)[O-])cc1. The summed E-state index contributed by atoms with van der Waals surface area (Å²) in [4.78, 5) is 34.5. The molecule has 0 saturated heterocycles. The van der Waals surface area contributed by atoms with Crippen LogP contribution in [0, 0.1) is 16.0 Å². The molecule has 2 aromatic rings. The highest BCUT2D eigenvalue weighted by molar-refractivity contribution is 9.10. The van der Waals surface area contributed by atoms with Gasteiger partial charge in [-0.2, -0.15) is 0 Å². The molecule has 2 amide bonds. The molecule has 30 heavy (non-hydrogen) atoms. The number of nitrogens with one attached hydrogen (secondary N) is 2. The molecule has 0 aromatic heterocycles. The molecule has 2 rings (SSSR count). The minimum atomic E-state index is -0.598. The van der Waals surface area contributed by atoms with E-state index in [9.17, 15) is 19.7 Å². The van der Waals surface area contributed by atoms with Gasteiger partial charge in [0.1, 0.15) is 11.5 Å². The van der Waals surface area contributed by atoms with Crippen LogP contribution in [0.4, 0.5) is 5.69 Å². The molecule has 10 heteroatoms. The van der Waals surface area contributed by atoms with E-state index in [1.54, 1.807) is 18.2 Å². The molecule has 0 aliphatic carbocycles. The van der Waals surface area contributed by atoms with Gasteiger partial charge in [0.2, 0.25) is 0 Å². The van der Waals surface area contributed by atoms with E-state index in [-0.39, 0.29) is 23.6 Å². The van der Waals surface area contributed by atoms with Crippen LogP contribution < -0.4 is 20.3 Å². The number of non-ortho nitro benzene ring substituents is 1. The number of hydrazine groups is 1. The van der Waals surface area contributed by atoms with Crippen molar-refractivity contribution in [1.29, 1.82) is 0 Å². The van der Waals surface area contributed by atoms with Crippen LogP contribution >= 0.6 is 15.9 Å². The average Bonchev–Trinajstić information content (AvgIpc) is 2.71. The lowest BCUT2D eigenvalue weighted by Gasteiger charge is -2.14. The molecule has 0 saturated carbocycles. The van der Waals surface area contributed by atoms with Gasteiger partial charge in [0, 0.05) is 16.6 Å². The van der Waals surface area contributed by atoms with Crippen LogP contribution in [-0.4, -0.2) is 30.0 Å². The lowest BCUT2D eigenvalue weighted by Crippen LogP contribution is -2.44. The Morgan fingerprint density at radius 2 is 1.80 bits per heavy atom. The van der Waals surface area contributed by atoms with Crippen molar-refractivity contribution in [1.82, 2.24) is 10.9 Å². The third-order valence-electron chi connectivity index (χ3n) is 3.87. The molecule has 0 aliphatic rings. The highest BCUT2D eigenvalue weighted by Crippen LogP contribution is 2.23. The zero-order valence-corrected chi connectivity index (χ0v) is 18.1. The van der Waals surface area contributed by atoms with Crippen LogP contribution in [0.3, 0.4) is 0 Å². The maximum Gasteiger partial charge on any atom is 0.276 e. The number of amides is 2. The Bertz CT molecular complexity index is 902. The van der Waals surface area contributed by atoms with E-state index < -0.39 is 16.7 Å². The smallest absolute Gasteiger partial charge is 0.276 e. The number of nitrogens with zero attached hydrogens (tertiary/aromatic N) is 1. The number of nitro groups is 1. The van der Waals surface area contributed by atoms with Gasteiger partial charge >= 0.3 is 0 Å². The number of ether oxygens (including phenoxy) is 2. The van der Waals surface area contributed by atoms with E-state index in [4.69, 9.17) is 9.47 Å². The van der Waals surface area contributed by atoms with Crippen LogP contribution in [0.5, 0.6) is 11.5 Å². The van der Waals surface area contributed by atoms with Gasteiger partial charge in [-0.25, -0.2) is 0 Å². The third-order valence-corrected chi connectivity index (χ3v) is 4.37. The van der Waals surface area contributed by atoms with Gasteiger partial charge < -0.3 is 9.47 Å². The number of benzene rings is 2. The van der Waals surface area contributed by atoms with Crippen molar-refractivity contribution in [2.45, 2.75) is 20.3 Å². The Kier molecular flexibility index (Phi) is 8.60. The van der Waals surface area contributed by atoms with Crippen molar-refractivity contribution in [3.63, 3.8) is 0 Å². The molecule has 0 heterocycles. The molecule has 0 radical (unpaired) electrons. The number of hydrogen-bond donors (Lipinski definition) is 2. The number of carbonyl (C=O) groups excluding carboxylic acids is 2. The van der Waals surface area contributed by atoms with Gasteiger partial charge in [-0.05, 0) is 42.7 Å². The number of hydrogen-bond acceptors (Lipinski definition) is 6. The molecule has 0 aliphatic heterocycles. The van der Waals surface area contributed by atoms with Crippen LogP contribution in [0.2, 0.25) is 0 Å². The maximum absolute atomic E-state index is 12.5. The quantitative estimate of drug-likeness (QED) is 0.418. The first-order valence-corrected chi connectivity index (χ1v) is 9.94. The summed E-state index contributed by atoms with van der Waals surface area (Å²) in [7, 11) is 0. The van der Waals surface area contributed by atoms with Crippen LogP contribution in [0.25, 0.3) is 0 Å². The molecule has 0 spiro atoms. The van der Waals surface area contributed by atoms with Crippen molar-refractivity contribution in [3.05, 3.63) is 62.6 Å². The molecule has 0 unspecified atom stereocenters. The second-order valence-electron chi connectivity index (χ2n) is 6.71. The number of nitro benzene ring substituents is 1. The molecule has 160 valence electrons. The number of carbonyl (C=O) groups is 2. The Labute approximate surface area is 182 Å². The summed E-state index contributed by atoms with van der Waals surface area (Å²) < 4.78 is 11.6. The Morgan fingerprint density at radius 3 is 2.43 bits per heavy atom. The van der Waals surface area contributed by atoms with Gasteiger partial charge in [-0.1, -0.05) is 29.8 Å². The topological polar surface area (TPSA) is 120 Å². The minimum absolute atomic E-state index is 0.0838. The van der Waals surface area contributed by atoms with E-state index >= 15 is 0 Å². The molecular formula is C20H22BrN3O6. The fourth-order valence-electron chi connectivity index (χ4n) is 2.25. The van der Waals surface area contributed by atoms with Gasteiger partial charge in [0.15, 0.2) is 6.61 Å². The fraction of sp³-hybridized carbons (Fsp3) is 0.300. The highest BCUT2D eigenvalue weighted by Gasteiger charge is 2.15. The summed E-state index contributed by atoms with van der Waals surface area (Å²) in [6.45, 7) is 4.24. The Balaban J connectivity index is 1.87. The van der Waals surface area contributed by atoms with Crippen molar-refractivity contribution >= 4 is 33.4 Å². The van der Waals surface area contributed by atoms with Crippen LogP contribution in [0.15, 0.2) is 46.9 Å². The summed E-state index contributed by atoms with van der Waals surface area (Å²) in [5, 5.41) is 10.6. The fourth-order valence-corrected chi connectivity index (χ4v) is 2.61. The summed E-state index contributed by atoms with van der Waals surface area (Å²) in [5.41, 5.74) is 4.76. The van der Waals surface area contributed by atoms with Crippen molar-refractivity contribution in [2.24, 2.45) is 5.92 Å². The first-order valence-electron chi connectivity index (χ1n) is 9.15. The molecule has 9 nitrogen and oxygen atoms in total. The lowest BCUT2D eigenvalue weighted by molar-refractivity contribution is -0.384. The predicted molar refractivity (Wildman–Crippen MR) is 113 cm³/mol. The summed E-state index contributed by atoms with van der Waals surface area (Å²) >= 11 is 3.32. The molecule has 0 fully saturated rings. The normalized spacial score (nSPS) is 10.4. The number of rotatable bonds is 9. The summed E-state index contributed by atoms with van der Waals surface area (Å²) in [5.74, 6) is 0.0221. The average molecular weight is 480 g/mol. The first kappa shape index (κ1) is 23.1. The molecule has 0 bridgehead atoms. The van der Waals surface area contributed by atoms with Crippen molar-refractivity contribution < 1.29 is 24.0 Å². The lowest BCUT2D eigenvalue weighted by atomic mass is 10.1. The van der Waals surface area contributed by atoms with E-state index in [0.29, 0.717) is 22.7 Å². The zero-order chi connectivity index (χ0) is 22.1. The van der Waals surface area contributed by atoms with Gasteiger partial charge in [0.25, 0.3) is 17.5 Å². The molecule has 2 N–H and O–H groups in total. The second kappa shape index (κ2) is 11.1. The molecule has 0 atom stereocenters. The van der Waals surface area contributed by atoms with Gasteiger partial charge in [0.05, 0.1) is 17.1 Å². The largest absolute Gasteiger partial charge is 0.493 e. The van der Waals surface area contributed by atoms with Crippen molar-refractivity contribution in [2.75, 3.05) is 13.2 Å². The second-order valence-corrected chi connectivity index (χ2v) is 7.63. The standard InChI is InChI=1S/C20H22BrN3O6/c1-13(2)9-10-29-18-8-3-14(21)11-17(18)20(26)23-22-19(25)12-30-16-6-4-15(5-7-16)24(27)28/h3-8,11,13H,9-10,12H2,1-2H3,(H,22,25)(H,23,26). The van der Waals surface area contributed by atoms with E-state index in [1.165, 1.54) is 24.3 Å². The Morgan fingerprint density at radius 1 is 1.10 bits per heavy atom. The van der Waals surface area contributed by atoms with E-state index in [2.05, 4.69) is 40.6 Å². The monoisotopic (exact) mass is 479 g/mol. The Hall–Kier alpha value is -3.14. The first-order chi connectivity index (χ1) is 14.3. The summed E-state index contributed by atoms with van der Waals surface area (Å²) in [6, 6.07) is 10.3. The minimum Gasteiger partial charge on any atom is -0.493 e. The number of halogens is 1.